The highest BCUT2D eigenvalue weighted by Gasteiger charge is 2.14. The first kappa shape index (κ1) is 10.0. The minimum absolute atomic E-state index is 0.424. The molecule has 0 aromatic rings. The molecule has 0 bridgehead atoms. The highest BCUT2D eigenvalue weighted by atomic mass is 32.2. The summed E-state index contributed by atoms with van der Waals surface area (Å²) in [6.45, 7) is 0. The van der Waals surface area contributed by atoms with Crippen LogP contribution in [0.5, 0.6) is 0 Å². The minimum Gasteiger partial charge on any atom is -0.229 e. The average molecular weight is 190 g/mol. The van der Waals surface area contributed by atoms with Crippen LogP contribution in [0.15, 0.2) is 0 Å². The van der Waals surface area contributed by atoms with E-state index in [1.807, 2.05) is 0 Å². The van der Waals surface area contributed by atoms with Crippen molar-refractivity contribution in [1.29, 1.82) is 0 Å². The van der Waals surface area contributed by atoms with E-state index in [1.165, 1.54) is 25.7 Å². The van der Waals surface area contributed by atoms with Gasteiger partial charge in [-0.2, -0.15) is 0 Å². The fourth-order valence-corrected chi connectivity index (χ4v) is 2.66. The third kappa shape index (κ3) is 4.10. The Morgan fingerprint density at radius 3 is 1.08 bits per heavy atom. The largest absolute Gasteiger partial charge is 0.229 e. The SMILES string of the molecule is C1CCC1.O=S1(=O)CCCCC1. The van der Waals surface area contributed by atoms with Gasteiger partial charge in [0, 0.05) is 0 Å². The fourth-order valence-electron chi connectivity index (χ4n) is 1.17. The molecule has 0 unspecified atom stereocenters. The van der Waals surface area contributed by atoms with Crippen molar-refractivity contribution in [2.75, 3.05) is 11.5 Å². The lowest BCUT2D eigenvalue weighted by Crippen LogP contribution is -2.15. The van der Waals surface area contributed by atoms with Crippen LogP contribution in [-0.4, -0.2) is 19.9 Å². The molecule has 2 fully saturated rings. The Bertz CT molecular complexity index is 187. The minimum atomic E-state index is -2.58. The number of sulfone groups is 1. The maximum absolute atomic E-state index is 10.7. The summed E-state index contributed by atoms with van der Waals surface area (Å²) in [6, 6.07) is 0. The third-order valence-electron chi connectivity index (χ3n) is 2.41. The average Bonchev–Trinajstić information content (AvgIpc) is 1.82. The molecule has 1 aliphatic heterocycles. The Kier molecular flexibility index (Phi) is 4.06. The van der Waals surface area contributed by atoms with Crippen molar-refractivity contribution in [1.82, 2.24) is 0 Å². The van der Waals surface area contributed by atoms with E-state index in [9.17, 15) is 8.42 Å². The van der Waals surface area contributed by atoms with Crippen LogP contribution < -0.4 is 0 Å². The molecule has 0 aromatic carbocycles. The molecular weight excluding hydrogens is 172 g/mol. The highest BCUT2D eigenvalue weighted by Crippen LogP contribution is 2.15. The van der Waals surface area contributed by atoms with Crippen LogP contribution in [0.4, 0.5) is 0 Å². The lowest BCUT2D eigenvalue weighted by molar-refractivity contribution is 0.504. The summed E-state index contributed by atoms with van der Waals surface area (Å²) in [4.78, 5) is 0. The molecule has 1 heterocycles. The number of rotatable bonds is 0. The zero-order chi connectivity index (χ0) is 8.86. The van der Waals surface area contributed by atoms with Gasteiger partial charge in [-0.3, -0.25) is 0 Å². The predicted octanol–water partition coefficient (Wildman–Crippen LogP) is 2.15. The van der Waals surface area contributed by atoms with E-state index in [0.717, 1.165) is 19.3 Å². The molecule has 2 rings (SSSR count). The van der Waals surface area contributed by atoms with Crippen molar-refractivity contribution >= 4 is 9.84 Å². The van der Waals surface area contributed by atoms with Gasteiger partial charge in [-0.1, -0.05) is 32.1 Å². The second kappa shape index (κ2) is 4.85. The first-order valence-corrected chi connectivity index (χ1v) is 6.73. The van der Waals surface area contributed by atoms with E-state index in [2.05, 4.69) is 0 Å². The zero-order valence-corrected chi connectivity index (χ0v) is 8.41. The lowest BCUT2D eigenvalue weighted by atomic mass is 10.0. The molecule has 0 N–H and O–H groups in total. The molecule has 3 heteroatoms. The van der Waals surface area contributed by atoms with Gasteiger partial charge in [0.25, 0.3) is 0 Å². The van der Waals surface area contributed by atoms with E-state index >= 15 is 0 Å². The van der Waals surface area contributed by atoms with E-state index in [4.69, 9.17) is 0 Å². The Balaban J connectivity index is 0.000000150. The van der Waals surface area contributed by atoms with Crippen LogP contribution in [-0.2, 0) is 9.84 Å². The summed E-state index contributed by atoms with van der Waals surface area (Å²) >= 11 is 0. The maximum atomic E-state index is 10.7. The number of hydrogen-bond donors (Lipinski definition) is 0. The Hall–Kier alpha value is -0.0500. The second-order valence-corrected chi connectivity index (χ2v) is 5.93. The molecule has 0 spiro atoms. The smallest absolute Gasteiger partial charge is 0.150 e. The zero-order valence-electron chi connectivity index (χ0n) is 7.59. The van der Waals surface area contributed by atoms with Crippen molar-refractivity contribution in [2.45, 2.75) is 44.9 Å². The summed E-state index contributed by atoms with van der Waals surface area (Å²) in [6.07, 6.45) is 8.85. The maximum Gasteiger partial charge on any atom is 0.150 e. The predicted molar refractivity (Wildman–Crippen MR) is 51.0 cm³/mol. The van der Waals surface area contributed by atoms with Crippen LogP contribution in [0.3, 0.4) is 0 Å². The van der Waals surface area contributed by atoms with Crippen molar-refractivity contribution in [2.24, 2.45) is 0 Å². The summed E-state index contributed by atoms with van der Waals surface area (Å²) in [5.74, 6) is 0.847. The molecule has 1 saturated heterocycles. The topological polar surface area (TPSA) is 34.1 Å². The fraction of sp³-hybridized carbons (Fsp3) is 1.00. The Morgan fingerprint density at radius 2 is 0.917 bits per heavy atom. The number of hydrogen-bond acceptors (Lipinski definition) is 2. The molecule has 0 amide bonds. The van der Waals surface area contributed by atoms with Crippen LogP contribution in [0.1, 0.15) is 44.9 Å². The van der Waals surface area contributed by atoms with Gasteiger partial charge in [0.15, 0.2) is 0 Å². The summed E-state index contributed by atoms with van der Waals surface area (Å²) < 4.78 is 21.3. The first-order valence-electron chi connectivity index (χ1n) is 4.91. The van der Waals surface area contributed by atoms with Crippen molar-refractivity contribution in [3.05, 3.63) is 0 Å². The summed E-state index contributed by atoms with van der Waals surface area (Å²) in [5.41, 5.74) is 0. The molecule has 2 nitrogen and oxygen atoms in total. The van der Waals surface area contributed by atoms with E-state index in [-0.39, 0.29) is 0 Å². The van der Waals surface area contributed by atoms with Crippen LogP contribution in [0.2, 0.25) is 0 Å². The van der Waals surface area contributed by atoms with Crippen LogP contribution >= 0.6 is 0 Å². The monoisotopic (exact) mass is 190 g/mol. The molecule has 0 atom stereocenters. The van der Waals surface area contributed by atoms with Gasteiger partial charge in [0.1, 0.15) is 9.84 Å². The molecule has 1 aliphatic carbocycles. The Morgan fingerprint density at radius 1 is 0.583 bits per heavy atom. The van der Waals surface area contributed by atoms with Crippen molar-refractivity contribution < 1.29 is 8.42 Å². The summed E-state index contributed by atoms with van der Waals surface area (Å²) in [7, 11) is -2.58. The van der Waals surface area contributed by atoms with E-state index in [0.29, 0.717) is 11.5 Å². The molecule has 12 heavy (non-hydrogen) atoms. The van der Waals surface area contributed by atoms with Gasteiger partial charge in [-0.15, -0.1) is 0 Å². The highest BCUT2D eigenvalue weighted by molar-refractivity contribution is 7.91. The van der Waals surface area contributed by atoms with Gasteiger partial charge >= 0.3 is 0 Å². The van der Waals surface area contributed by atoms with Gasteiger partial charge in [0.2, 0.25) is 0 Å². The molecule has 0 aromatic heterocycles. The second-order valence-electron chi connectivity index (χ2n) is 3.63. The molecule has 0 radical (unpaired) electrons. The van der Waals surface area contributed by atoms with Gasteiger partial charge < -0.3 is 0 Å². The van der Waals surface area contributed by atoms with Gasteiger partial charge in [-0.05, 0) is 12.8 Å². The van der Waals surface area contributed by atoms with Crippen LogP contribution in [0, 0.1) is 0 Å². The quantitative estimate of drug-likeness (QED) is 0.586. The van der Waals surface area contributed by atoms with Crippen LogP contribution in [0.25, 0.3) is 0 Å². The Labute approximate surface area is 75.3 Å². The van der Waals surface area contributed by atoms with Gasteiger partial charge in [0.05, 0.1) is 11.5 Å². The summed E-state index contributed by atoms with van der Waals surface area (Å²) in [5, 5.41) is 0. The van der Waals surface area contributed by atoms with Crippen molar-refractivity contribution in [3.8, 4) is 0 Å². The third-order valence-corrected chi connectivity index (χ3v) is 4.23. The van der Waals surface area contributed by atoms with Gasteiger partial charge in [-0.25, -0.2) is 8.42 Å². The standard InChI is InChI=1S/C5H10O2S.C4H8/c6-8(7)4-2-1-3-5-8;1-2-4-3-1/h1-5H2;1-4H2. The molecule has 1 saturated carbocycles. The first-order chi connectivity index (χ1) is 5.71. The molecule has 2 aliphatic rings. The van der Waals surface area contributed by atoms with E-state index in [1.54, 1.807) is 0 Å². The lowest BCUT2D eigenvalue weighted by Gasteiger charge is -2.08. The normalized spacial score (nSPS) is 26.3. The van der Waals surface area contributed by atoms with Crippen molar-refractivity contribution in [3.63, 3.8) is 0 Å². The molecule has 72 valence electrons. The molecular formula is C9H18O2S. The van der Waals surface area contributed by atoms with E-state index < -0.39 is 9.84 Å².